The third kappa shape index (κ3) is 4.58. The van der Waals surface area contributed by atoms with Gasteiger partial charge in [0.15, 0.2) is 0 Å². The molecule has 0 aliphatic heterocycles. The first-order chi connectivity index (χ1) is 9.58. The van der Waals surface area contributed by atoms with Gasteiger partial charge in [0.1, 0.15) is 0 Å². The van der Waals surface area contributed by atoms with Crippen molar-refractivity contribution in [3.8, 4) is 0 Å². The SMILES string of the molecule is Cc1ccc(S(=O)(=O)OCCCOC2CCCC2)cc1. The Morgan fingerprint density at radius 3 is 2.40 bits per heavy atom. The van der Waals surface area contributed by atoms with Crippen LogP contribution in [0, 0.1) is 6.92 Å². The van der Waals surface area contributed by atoms with Gasteiger partial charge in [-0.3, -0.25) is 4.18 Å². The molecule has 0 saturated heterocycles. The van der Waals surface area contributed by atoms with E-state index in [9.17, 15) is 8.42 Å². The summed E-state index contributed by atoms with van der Waals surface area (Å²) in [7, 11) is -3.63. The Kier molecular flexibility index (Phi) is 5.57. The maximum Gasteiger partial charge on any atom is 0.296 e. The van der Waals surface area contributed by atoms with Crippen LogP contribution >= 0.6 is 0 Å². The lowest BCUT2D eigenvalue weighted by Gasteiger charge is -2.11. The summed E-state index contributed by atoms with van der Waals surface area (Å²) in [5.41, 5.74) is 1.02. The lowest BCUT2D eigenvalue weighted by Crippen LogP contribution is -2.12. The van der Waals surface area contributed by atoms with Crippen molar-refractivity contribution < 1.29 is 17.3 Å². The first kappa shape index (κ1) is 15.5. The van der Waals surface area contributed by atoms with E-state index in [-0.39, 0.29) is 11.5 Å². The summed E-state index contributed by atoms with van der Waals surface area (Å²) in [6, 6.07) is 6.66. The molecule has 0 N–H and O–H groups in total. The summed E-state index contributed by atoms with van der Waals surface area (Å²) in [6.07, 6.45) is 5.70. The molecule has 5 heteroatoms. The van der Waals surface area contributed by atoms with Crippen LogP contribution in [0.1, 0.15) is 37.7 Å². The molecule has 0 amide bonds. The second kappa shape index (κ2) is 7.20. The van der Waals surface area contributed by atoms with Crippen molar-refractivity contribution in [2.24, 2.45) is 0 Å². The topological polar surface area (TPSA) is 52.6 Å². The van der Waals surface area contributed by atoms with Gasteiger partial charge in [-0.05, 0) is 38.3 Å². The summed E-state index contributed by atoms with van der Waals surface area (Å²) < 4.78 is 34.5. The lowest BCUT2D eigenvalue weighted by molar-refractivity contribution is 0.0510. The Labute approximate surface area is 121 Å². The van der Waals surface area contributed by atoms with Crippen molar-refractivity contribution in [3.63, 3.8) is 0 Å². The normalized spacial score (nSPS) is 16.6. The van der Waals surface area contributed by atoms with Crippen LogP contribution in [0.5, 0.6) is 0 Å². The van der Waals surface area contributed by atoms with Crippen molar-refractivity contribution in [3.05, 3.63) is 29.8 Å². The van der Waals surface area contributed by atoms with Gasteiger partial charge in [-0.2, -0.15) is 8.42 Å². The van der Waals surface area contributed by atoms with Crippen molar-refractivity contribution >= 4 is 10.1 Å². The first-order valence-electron chi connectivity index (χ1n) is 7.16. The molecule has 0 radical (unpaired) electrons. The molecule has 1 aliphatic carbocycles. The minimum Gasteiger partial charge on any atom is -0.378 e. The lowest BCUT2D eigenvalue weighted by atomic mass is 10.2. The average molecular weight is 298 g/mol. The highest BCUT2D eigenvalue weighted by atomic mass is 32.2. The summed E-state index contributed by atoms with van der Waals surface area (Å²) in [4.78, 5) is 0.208. The van der Waals surface area contributed by atoms with Gasteiger partial charge in [0, 0.05) is 6.61 Å². The van der Waals surface area contributed by atoms with Gasteiger partial charge in [-0.25, -0.2) is 0 Å². The van der Waals surface area contributed by atoms with Crippen LogP contribution < -0.4 is 0 Å². The van der Waals surface area contributed by atoms with E-state index in [0.717, 1.165) is 18.4 Å². The molecular formula is C15H22O4S. The smallest absolute Gasteiger partial charge is 0.296 e. The number of rotatable bonds is 7. The third-order valence-corrected chi connectivity index (χ3v) is 4.82. The molecule has 0 heterocycles. The van der Waals surface area contributed by atoms with E-state index < -0.39 is 10.1 Å². The summed E-state index contributed by atoms with van der Waals surface area (Å²) in [6.45, 7) is 2.65. The maximum atomic E-state index is 11.9. The minimum absolute atomic E-state index is 0.170. The monoisotopic (exact) mass is 298 g/mol. The molecule has 112 valence electrons. The molecule has 20 heavy (non-hydrogen) atoms. The van der Waals surface area contributed by atoms with Gasteiger partial charge >= 0.3 is 0 Å². The summed E-state index contributed by atoms with van der Waals surface area (Å²) in [5.74, 6) is 0. The maximum absolute atomic E-state index is 11.9. The van der Waals surface area contributed by atoms with Gasteiger partial charge in [-0.15, -0.1) is 0 Å². The second-order valence-corrected chi connectivity index (χ2v) is 6.84. The molecule has 1 aliphatic rings. The molecule has 0 atom stereocenters. The van der Waals surface area contributed by atoms with Crippen LogP contribution in [-0.2, 0) is 19.0 Å². The Bertz CT molecular complexity index is 501. The van der Waals surface area contributed by atoms with E-state index in [2.05, 4.69) is 0 Å². The number of hydrogen-bond acceptors (Lipinski definition) is 4. The minimum atomic E-state index is -3.63. The third-order valence-electron chi connectivity index (χ3n) is 3.49. The molecule has 1 fully saturated rings. The van der Waals surface area contributed by atoms with E-state index in [0.29, 0.717) is 19.1 Å². The van der Waals surface area contributed by atoms with E-state index in [4.69, 9.17) is 8.92 Å². The zero-order valence-corrected chi connectivity index (χ0v) is 12.7. The molecule has 0 unspecified atom stereocenters. The average Bonchev–Trinajstić information content (AvgIpc) is 2.92. The van der Waals surface area contributed by atoms with Crippen LogP contribution in [0.2, 0.25) is 0 Å². The van der Waals surface area contributed by atoms with Crippen LogP contribution in [0.3, 0.4) is 0 Å². The van der Waals surface area contributed by atoms with E-state index >= 15 is 0 Å². The fourth-order valence-corrected chi connectivity index (χ4v) is 3.25. The highest BCUT2D eigenvalue weighted by molar-refractivity contribution is 7.86. The van der Waals surface area contributed by atoms with Crippen LogP contribution in [0.4, 0.5) is 0 Å². The van der Waals surface area contributed by atoms with E-state index in [1.54, 1.807) is 24.3 Å². The molecule has 2 rings (SSSR count). The van der Waals surface area contributed by atoms with Crippen molar-refractivity contribution in [1.29, 1.82) is 0 Å². The number of aryl methyl sites for hydroxylation is 1. The molecule has 0 bridgehead atoms. The van der Waals surface area contributed by atoms with Crippen molar-refractivity contribution in [2.45, 2.75) is 50.0 Å². The molecule has 1 aromatic rings. The van der Waals surface area contributed by atoms with Gasteiger partial charge in [0.05, 0.1) is 17.6 Å². The summed E-state index contributed by atoms with van der Waals surface area (Å²) in [5, 5.41) is 0. The van der Waals surface area contributed by atoms with E-state index in [1.165, 1.54) is 12.8 Å². The highest BCUT2D eigenvalue weighted by Crippen LogP contribution is 2.21. The fourth-order valence-electron chi connectivity index (χ4n) is 2.31. The zero-order valence-electron chi connectivity index (χ0n) is 11.9. The second-order valence-electron chi connectivity index (χ2n) is 5.22. The highest BCUT2D eigenvalue weighted by Gasteiger charge is 2.16. The van der Waals surface area contributed by atoms with Gasteiger partial charge in [0.2, 0.25) is 0 Å². The van der Waals surface area contributed by atoms with Crippen molar-refractivity contribution in [1.82, 2.24) is 0 Å². The Balaban J connectivity index is 1.71. The summed E-state index contributed by atoms with van der Waals surface area (Å²) >= 11 is 0. The largest absolute Gasteiger partial charge is 0.378 e. The van der Waals surface area contributed by atoms with E-state index in [1.807, 2.05) is 6.92 Å². The van der Waals surface area contributed by atoms with Crippen LogP contribution in [0.25, 0.3) is 0 Å². The quantitative estimate of drug-likeness (QED) is 0.573. The molecular weight excluding hydrogens is 276 g/mol. The molecule has 0 aromatic heterocycles. The standard InChI is InChI=1S/C15H22O4S/c1-13-7-9-15(10-8-13)20(16,17)19-12-4-11-18-14-5-2-3-6-14/h7-10,14H,2-6,11-12H2,1H3. The zero-order chi connectivity index (χ0) is 14.4. The molecule has 4 nitrogen and oxygen atoms in total. The molecule has 1 saturated carbocycles. The number of hydrogen-bond donors (Lipinski definition) is 0. The number of benzene rings is 1. The predicted octanol–water partition coefficient (Wildman–Crippen LogP) is 3.05. The van der Waals surface area contributed by atoms with Gasteiger partial charge in [-0.1, -0.05) is 30.5 Å². The molecule has 0 spiro atoms. The van der Waals surface area contributed by atoms with Gasteiger partial charge in [0.25, 0.3) is 10.1 Å². The number of ether oxygens (including phenoxy) is 1. The van der Waals surface area contributed by atoms with Gasteiger partial charge < -0.3 is 4.74 Å². The Hall–Kier alpha value is -0.910. The van der Waals surface area contributed by atoms with Crippen LogP contribution in [0.15, 0.2) is 29.2 Å². The predicted molar refractivity (Wildman–Crippen MR) is 77.1 cm³/mol. The van der Waals surface area contributed by atoms with Crippen LogP contribution in [-0.4, -0.2) is 27.7 Å². The fraction of sp³-hybridized carbons (Fsp3) is 0.600. The Morgan fingerprint density at radius 2 is 1.75 bits per heavy atom. The first-order valence-corrected chi connectivity index (χ1v) is 8.56. The van der Waals surface area contributed by atoms with Crippen molar-refractivity contribution in [2.75, 3.05) is 13.2 Å². The Morgan fingerprint density at radius 1 is 1.10 bits per heavy atom. The molecule has 1 aromatic carbocycles.